The molecule has 1 heterocycles. The third-order valence-electron chi connectivity index (χ3n) is 3.88. The predicted molar refractivity (Wildman–Crippen MR) is 77.5 cm³/mol. The highest BCUT2D eigenvalue weighted by atomic mass is 32.2. The third-order valence-corrected chi connectivity index (χ3v) is 6.31. The lowest BCUT2D eigenvalue weighted by Gasteiger charge is -2.32. The van der Waals surface area contributed by atoms with Crippen LogP contribution in [0.3, 0.4) is 0 Å². The van der Waals surface area contributed by atoms with Gasteiger partial charge in [0.1, 0.15) is 9.84 Å². The summed E-state index contributed by atoms with van der Waals surface area (Å²) in [7, 11) is -2.96. The maximum Gasteiger partial charge on any atom is 0.150 e. The van der Waals surface area contributed by atoms with Crippen molar-refractivity contribution in [3.05, 3.63) is 16.1 Å². The molecular formula is C12H21N3O2S2. The number of nitrogens with zero attached hydrogens (tertiary/aromatic N) is 1. The van der Waals surface area contributed by atoms with Gasteiger partial charge in [0.15, 0.2) is 0 Å². The van der Waals surface area contributed by atoms with E-state index in [1.807, 2.05) is 12.3 Å². The zero-order valence-corrected chi connectivity index (χ0v) is 12.9. The Morgan fingerprint density at radius 2 is 2.26 bits per heavy atom. The molecule has 1 aliphatic rings. The molecule has 1 aliphatic carbocycles. The van der Waals surface area contributed by atoms with Crippen LogP contribution in [0.15, 0.2) is 5.38 Å². The Kier molecular flexibility index (Phi) is 4.60. The van der Waals surface area contributed by atoms with Crippen LogP contribution < -0.4 is 11.3 Å². The standard InChI is InChI=1S/C12H21N3O2S2/c1-8-14-11(7-18-8)12(15-13)9-4-3-5-10(6-9)19(2,16)17/h7,9-10,12,15H,3-6,13H2,1-2H3. The first-order valence-corrected chi connectivity index (χ1v) is 9.32. The smallest absolute Gasteiger partial charge is 0.150 e. The van der Waals surface area contributed by atoms with Gasteiger partial charge in [-0.15, -0.1) is 11.3 Å². The topological polar surface area (TPSA) is 85.1 Å². The molecule has 3 atom stereocenters. The number of hydrogen-bond acceptors (Lipinski definition) is 6. The minimum absolute atomic E-state index is 0.0468. The molecule has 0 radical (unpaired) electrons. The van der Waals surface area contributed by atoms with Gasteiger partial charge in [-0.25, -0.2) is 13.4 Å². The van der Waals surface area contributed by atoms with Gasteiger partial charge in [-0.3, -0.25) is 11.3 Å². The molecule has 0 saturated heterocycles. The molecule has 0 bridgehead atoms. The van der Waals surface area contributed by atoms with Crippen molar-refractivity contribution >= 4 is 21.2 Å². The van der Waals surface area contributed by atoms with E-state index in [4.69, 9.17) is 5.84 Å². The first kappa shape index (κ1) is 14.9. The summed E-state index contributed by atoms with van der Waals surface area (Å²) in [5.41, 5.74) is 3.76. The molecule has 0 spiro atoms. The Bertz CT molecular complexity index is 527. The molecule has 19 heavy (non-hydrogen) atoms. The van der Waals surface area contributed by atoms with E-state index in [0.29, 0.717) is 6.42 Å². The average Bonchev–Trinajstić information content (AvgIpc) is 2.76. The molecule has 1 fully saturated rings. The van der Waals surface area contributed by atoms with Gasteiger partial charge >= 0.3 is 0 Å². The monoisotopic (exact) mass is 303 g/mol. The van der Waals surface area contributed by atoms with Crippen molar-refractivity contribution in [2.45, 2.75) is 43.9 Å². The van der Waals surface area contributed by atoms with Crippen LogP contribution in [-0.4, -0.2) is 24.9 Å². The Morgan fingerprint density at radius 3 is 2.79 bits per heavy atom. The number of rotatable bonds is 4. The molecule has 3 N–H and O–H groups in total. The molecule has 0 aliphatic heterocycles. The minimum atomic E-state index is -2.96. The lowest BCUT2D eigenvalue weighted by Crippen LogP contribution is -2.38. The molecule has 0 amide bonds. The number of hydrogen-bond donors (Lipinski definition) is 2. The van der Waals surface area contributed by atoms with E-state index < -0.39 is 9.84 Å². The molecule has 1 saturated carbocycles. The SMILES string of the molecule is Cc1nc(C(NN)C2CCCC(S(C)(=O)=O)C2)cs1. The summed E-state index contributed by atoms with van der Waals surface area (Å²) in [4.78, 5) is 4.47. The summed E-state index contributed by atoms with van der Waals surface area (Å²) in [5, 5.41) is 2.77. The van der Waals surface area contributed by atoms with Gasteiger partial charge in [-0.05, 0) is 32.1 Å². The second-order valence-electron chi connectivity index (χ2n) is 5.31. The fraction of sp³-hybridized carbons (Fsp3) is 0.750. The van der Waals surface area contributed by atoms with Crippen molar-refractivity contribution < 1.29 is 8.42 Å². The third kappa shape index (κ3) is 3.53. The van der Waals surface area contributed by atoms with Crippen LogP contribution in [0.4, 0.5) is 0 Å². The van der Waals surface area contributed by atoms with Crippen molar-refractivity contribution in [3.63, 3.8) is 0 Å². The highest BCUT2D eigenvalue weighted by Gasteiger charge is 2.34. The van der Waals surface area contributed by atoms with E-state index in [1.54, 1.807) is 11.3 Å². The molecule has 3 unspecified atom stereocenters. The van der Waals surface area contributed by atoms with Crippen molar-refractivity contribution in [2.75, 3.05) is 6.26 Å². The summed E-state index contributed by atoms with van der Waals surface area (Å²) in [6.07, 6.45) is 4.70. The lowest BCUT2D eigenvalue weighted by molar-refractivity contribution is 0.271. The molecule has 5 nitrogen and oxygen atoms in total. The fourth-order valence-corrected chi connectivity index (χ4v) is 4.70. The van der Waals surface area contributed by atoms with Crippen molar-refractivity contribution in [1.29, 1.82) is 0 Å². The van der Waals surface area contributed by atoms with E-state index >= 15 is 0 Å². The van der Waals surface area contributed by atoms with E-state index in [-0.39, 0.29) is 17.2 Å². The van der Waals surface area contributed by atoms with E-state index in [0.717, 1.165) is 30.0 Å². The van der Waals surface area contributed by atoms with Gasteiger partial charge in [0.05, 0.1) is 22.0 Å². The van der Waals surface area contributed by atoms with Gasteiger partial charge < -0.3 is 0 Å². The largest absolute Gasteiger partial charge is 0.271 e. The maximum atomic E-state index is 11.7. The molecule has 108 valence electrons. The summed E-state index contributed by atoms with van der Waals surface area (Å²) in [5.74, 6) is 5.90. The summed E-state index contributed by atoms with van der Waals surface area (Å²) in [6, 6.07) is -0.0468. The molecule has 7 heteroatoms. The van der Waals surface area contributed by atoms with Crippen LogP contribution in [0.1, 0.15) is 42.4 Å². The number of nitrogens with one attached hydrogen (secondary N) is 1. The minimum Gasteiger partial charge on any atom is -0.271 e. The average molecular weight is 303 g/mol. The van der Waals surface area contributed by atoms with Gasteiger partial charge in [-0.1, -0.05) is 6.42 Å². The molecular weight excluding hydrogens is 282 g/mol. The van der Waals surface area contributed by atoms with Crippen molar-refractivity contribution in [2.24, 2.45) is 11.8 Å². The fourth-order valence-electron chi connectivity index (χ4n) is 2.86. The number of aryl methyl sites for hydroxylation is 1. The number of nitrogens with two attached hydrogens (primary N) is 1. The Labute approximate surface area is 118 Å². The van der Waals surface area contributed by atoms with Gasteiger partial charge in [-0.2, -0.15) is 0 Å². The van der Waals surface area contributed by atoms with E-state index in [1.165, 1.54) is 6.26 Å². The van der Waals surface area contributed by atoms with E-state index in [2.05, 4.69) is 10.4 Å². The molecule has 1 aromatic heterocycles. The van der Waals surface area contributed by atoms with Gasteiger partial charge in [0, 0.05) is 11.6 Å². The first-order chi connectivity index (χ1) is 8.91. The number of sulfone groups is 1. The predicted octanol–water partition coefficient (Wildman–Crippen LogP) is 1.56. The number of thiazole rings is 1. The normalized spacial score (nSPS) is 26.3. The van der Waals surface area contributed by atoms with Crippen molar-refractivity contribution in [3.8, 4) is 0 Å². The van der Waals surface area contributed by atoms with Crippen LogP contribution in [0.2, 0.25) is 0 Å². The summed E-state index contributed by atoms with van der Waals surface area (Å²) >= 11 is 1.59. The van der Waals surface area contributed by atoms with Crippen LogP contribution in [0.25, 0.3) is 0 Å². The second-order valence-corrected chi connectivity index (χ2v) is 8.70. The highest BCUT2D eigenvalue weighted by Crippen LogP contribution is 2.36. The summed E-state index contributed by atoms with van der Waals surface area (Å²) < 4.78 is 23.4. The summed E-state index contributed by atoms with van der Waals surface area (Å²) in [6.45, 7) is 1.96. The van der Waals surface area contributed by atoms with Crippen molar-refractivity contribution in [1.82, 2.24) is 10.4 Å². The van der Waals surface area contributed by atoms with Crippen LogP contribution in [0.5, 0.6) is 0 Å². The second kappa shape index (κ2) is 5.87. The highest BCUT2D eigenvalue weighted by molar-refractivity contribution is 7.91. The Hall–Kier alpha value is -0.500. The zero-order valence-electron chi connectivity index (χ0n) is 11.3. The van der Waals surface area contributed by atoms with Crippen LogP contribution in [-0.2, 0) is 9.84 Å². The van der Waals surface area contributed by atoms with Gasteiger partial charge in [0.2, 0.25) is 0 Å². The quantitative estimate of drug-likeness (QED) is 0.651. The molecule has 1 aromatic rings. The number of hydrazine groups is 1. The van der Waals surface area contributed by atoms with Crippen LogP contribution in [0, 0.1) is 12.8 Å². The zero-order chi connectivity index (χ0) is 14.0. The molecule has 0 aromatic carbocycles. The maximum absolute atomic E-state index is 11.7. The van der Waals surface area contributed by atoms with E-state index in [9.17, 15) is 8.42 Å². The Balaban J connectivity index is 2.15. The first-order valence-electron chi connectivity index (χ1n) is 6.49. The lowest BCUT2D eigenvalue weighted by atomic mass is 9.83. The van der Waals surface area contributed by atoms with Gasteiger partial charge in [0.25, 0.3) is 0 Å². The number of aromatic nitrogens is 1. The van der Waals surface area contributed by atoms with Crippen LogP contribution >= 0.6 is 11.3 Å². The Morgan fingerprint density at radius 1 is 1.53 bits per heavy atom. The molecule has 2 rings (SSSR count).